The number of furan rings is 2. The predicted molar refractivity (Wildman–Crippen MR) is 125 cm³/mol. The first-order chi connectivity index (χ1) is 15.0. The number of halogens is 1. The molecule has 31 heavy (non-hydrogen) atoms. The maximum atomic E-state index is 12.7. The van der Waals surface area contributed by atoms with Crippen LogP contribution in [-0.2, 0) is 15.2 Å². The molecule has 0 saturated carbocycles. The number of hydrogen-bond acceptors (Lipinski definition) is 5. The third-order valence-electron chi connectivity index (χ3n) is 5.24. The fraction of sp³-hybridized carbons (Fsp3) is 0.217. The average molecular weight is 532 g/mol. The molecule has 2 N–H and O–H groups in total. The van der Waals surface area contributed by atoms with Crippen LogP contribution in [0.3, 0.4) is 0 Å². The Morgan fingerprint density at radius 2 is 1.52 bits per heavy atom. The number of benzene rings is 2. The van der Waals surface area contributed by atoms with Crippen molar-refractivity contribution in [2.24, 2.45) is 5.73 Å². The smallest absolute Gasteiger partial charge is 0.349 e. The van der Waals surface area contributed by atoms with Gasteiger partial charge in [0.25, 0.3) is 0 Å². The summed E-state index contributed by atoms with van der Waals surface area (Å²) in [5.74, 6) is -0.545. The monoisotopic (exact) mass is 532 g/mol. The van der Waals surface area contributed by atoms with Crippen LogP contribution >= 0.6 is 22.6 Å². The van der Waals surface area contributed by atoms with Crippen molar-refractivity contribution >= 4 is 56.5 Å². The summed E-state index contributed by atoms with van der Waals surface area (Å²) in [5, 5.41) is 2.52. The molecule has 4 rings (SSSR count). The lowest BCUT2D eigenvalue weighted by Crippen LogP contribution is -2.54. The number of alkyl halides is 1. The molecular formula is C23H21IN2O5. The first kappa shape index (κ1) is 21.2. The highest BCUT2D eigenvalue weighted by molar-refractivity contribution is 14.1. The van der Waals surface area contributed by atoms with Gasteiger partial charge in [-0.2, -0.15) is 0 Å². The van der Waals surface area contributed by atoms with Crippen molar-refractivity contribution < 1.29 is 23.3 Å². The van der Waals surface area contributed by atoms with Crippen molar-refractivity contribution in [3.05, 3.63) is 72.2 Å². The van der Waals surface area contributed by atoms with Crippen LogP contribution in [0.15, 0.2) is 69.9 Å². The maximum Gasteiger partial charge on any atom is 0.349 e. The number of fused-ring (bicyclic) bond motifs is 2. The summed E-state index contributed by atoms with van der Waals surface area (Å²) in [6, 6.07) is 14.0. The molecule has 7 nitrogen and oxygen atoms in total. The first-order valence-corrected chi connectivity index (χ1v) is 11.3. The van der Waals surface area contributed by atoms with Gasteiger partial charge in [0.05, 0.1) is 12.5 Å². The summed E-state index contributed by atoms with van der Waals surface area (Å²) in [5.41, 5.74) is 7.10. The second-order valence-electron chi connectivity index (χ2n) is 7.13. The van der Waals surface area contributed by atoms with Crippen LogP contribution in [0, 0.1) is 0 Å². The molecule has 2 heterocycles. The van der Waals surface area contributed by atoms with Gasteiger partial charge < -0.3 is 19.4 Å². The predicted octanol–water partition coefficient (Wildman–Crippen LogP) is 5.50. The molecule has 0 unspecified atom stereocenters. The van der Waals surface area contributed by atoms with E-state index < -0.39 is 17.5 Å². The van der Waals surface area contributed by atoms with Crippen molar-refractivity contribution in [2.75, 3.05) is 4.43 Å². The molecule has 2 aromatic heterocycles. The quantitative estimate of drug-likeness (QED) is 0.201. The van der Waals surface area contributed by atoms with Crippen molar-refractivity contribution in [1.29, 1.82) is 0 Å². The van der Waals surface area contributed by atoms with Gasteiger partial charge in [0, 0.05) is 32.7 Å². The number of carbonyl (C=O) groups excluding carboxylic acids is 2. The van der Waals surface area contributed by atoms with E-state index in [1.165, 1.54) is 0 Å². The van der Waals surface area contributed by atoms with E-state index >= 15 is 0 Å². The van der Waals surface area contributed by atoms with Gasteiger partial charge in [0.1, 0.15) is 16.7 Å². The summed E-state index contributed by atoms with van der Waals surface area (Å²) in [4.78, 5) is 30.8. The van der Waals surface area contributed by atoms with Gasteiger partial charge >= 0.3 is 12.0 Å². The number of nitrogens with two attached hydrogens (primary N) is 1. The maximum absolute atomic E-state index is 12.7. The van der Waals surface area contributed by atoms with Crippen molar-refractivity contribution in [3.63, 3.8) is 0 Å². The van der Waals surface area contributed by atoms with E-state index in [4.69, 9.17) is 19.4 Å². The lowest BCUT2D eigenvalue weighted by atomic mass is 9.83. The molecule has 0 saturated heterocycles. The molecule has 8 heteroatoms. The number of amides is 2. The number of urea groups is 1. The van der Waals surface area contributed by atoms with E-state index in [9.17, 15) is 9.59 Å². The molecule has 0 aliphatic heterocycles. The summed E-state index contributed by atoms with van der Waals surface area (Å²) in [7, 11) is 0. The molecule has 0 radical (unpaired) electrons. The molecule has 0 atom stereocenters. The van der Waals surface area contributed by atoms with Crippen molar-refractivity contribution in [1.82, 2.24) is 5.06 Å². The minimum Gasteiger partial charge on any atom is -0.464 e. The minimum atomic E-state index is -1.27. The fourth-order valence-corrected chi connectivity index (χ4v) is 4.95. The number of hydrogen-bond donors (Lipinski definition) is 1. The van der Waals surface area contributed by atoms with Crippen LogP contribution in [0.4, 0.5) is 4.79 Å². The highest BCUT2D eigenvalue weighted by Gasteiger charge is 2.48. The third-order valence-corrected chi connectivity index (χ3v) is 6.34. The molecule has 2 amide bonds. The highest BCUT2D eigenvalue weighted by Crippen LogP contribution is 2.45. The zero-order valence-electron chi connectivity index (χ0n) is 16.8. The van der Waals surface area contributed by atoms with Crippen molar-refractivity contribution in [2.45, 2.75) is 25.3 Å². The molecular weight excluding hydrogens is 511 g/mol. The van der Waals surface area contributed by atoms with Crippen molar-refractivity contribution in [3.8, 4) is 0 Å². The molecule has 0 spiro atoms. The van der Waals surface area contributed by atoms with E-state index in [0.29, 0.717) is 33.1 Å². The van der Waals surface area contributed by atoms with Crippen LogP contribution < -0.4 is 5.73 Å². The number of hydroxylamine groups is 2. The van der Waals surface area contributed by atoms with Gasteiger partial charge in [-0.1, -0.05) is 65.9 Å². The number of nitrogens with zero attached hydrogens (tertiary/aromatic N) is 1. The molecule has 4 aromatic rings. The normalized spacial score (nSPS) is 11.7. The first-order valence-electron chi connectivity index (χ1n) is 9.82. The van der Waals surface area contributed by atoms with E-state index in [0.717, 1.165) is 15.8 Å². The van der Waals surface area contributed by atoms with Gasteiger partial charge in [-0.05, 0) is 18.6 Å². The van der Waals surface area contributed by atoms with Crippen LogP contribution in [-0.4, -0.2) is 21.5 Å². The van der Waals surface area contributed by atoms with E-state index in [2.05, 4.69) is 22.6 Å². The van der Waals surface area contributed by atoms with Gasteiger partial charge in [0.15, 0.2) is 0 Å². The molecule has 0 fully saturated rings. The topological polar surface area (TPSA) is 98.9 Å². The van der Waals surface area contributed by atoms with Crippen LogP contribution in [0.25, 0.3) is 21.9 Å². The molecule has 0 aliphatic rings. The zero-order chi connectivity index (χ0) is 22.0. The number of primary amides is 1. The average Bonchev–Trinajstić information content (AvgIpc) is 3.40. The Hall–Kier alpha value is -3.01. The lowest BCUT2D eigenvalue weighted by Gasteiger charge is -2.39. The SMILES string of the molecule is CCCC(=O)ON(C(N)=O)C(CI)(c1coc2ccccc12)c1coc2ccccc12. The number of para-hydroxylation sites is 2. The summed E-state index contributed by atoms with van der Waals surface area (Å²) >= 11 is 2.16. The Kier molecular flexibility index (Phi) is 5.90. The fourth-order valence-electron chi connectivity index (χ4n) is 3.82. The Bertz CT molecular complexity index is 1170. The van der Waals surface area contributed by atoms with Gasteiger partial charge in [-0.3, -0.25) is 0 Å². The van der Waals surface area contributed by atoms with E-state index in [1.54, 1.807) is 12.5 Å². The standard InChI is InChI=1S/C23H21IN2O5/c1-2-7-21(27)31-26(22(25)28)23(14-24,17-12-29-19-10-5-3-8-15(17)19)18-13-30-20-11-6-4-9-16(18)20/h3-6,8-13H,2,7,14H2,1H3,(H2,25,28). The Morgan fingerprint density at radius 1 is 1.00 bits per heavy atom. The largest absolute Gasteiger partial charge is 0.464 e. The van der Waals surface area contributed by atoms with Crippen LogP contribution in [0.5, 0.6) is 0 Å². The van der Waals surface area contributed by atoms with Gasteiger partial charge in [-0.25, -0.2) is 9.59 Å². The van der Waals surface area contributed by atoms with E-state index in [-0.39, 0.29) is 6.42 Å². The Balaban J connectivity index is 2.04. The lowest BCUT2D eigenvalue weighted by molar-refractivity contribution is -0.192. The minimum absolute atomic E-state index is 0.152. The van der Waals surface area contributed by atoms with Gasteiger partial charge in [0.2, 0.25) is 0 Å². The summed E-state index contributed by atoms with van der Waals surface area (Å²) < 4.78 is 11.9. The van der Waals surface area contributed by atoms with Crippen LogP contribution in [0.1, 0.15) is 30.9 Å². The Morgan fingerprint density at radius 3 is 1.97 bits per heavy atom. The van der Waals surface area contributed by atoms with E-state index in [1.807, 2.05) is 55.5 Å². The molecule has 0 aliphatic carbocycles. The summed E-state index contributed by atoms with van der Waals surface area (Å²) in [6.07, 6.45) is 3.88. The second kappa shape index (κ2) is 8.62. The summed E-state index contributed by atoms with van der Waals surface area (Å²) in [6.45, 7) is 1.86. The number of carbonyl (C=O) groups is 2. The molecule has 0 bridgehead atoms. The molecule has 160 valence electrons. The van der Waals surface area contributed by atoms with Crippen LogP contribution in [0.2, 0.25) is 0 Å². The zero-order valence-corrected chi connectivity index (χ0v) is 19.0. The molecule has 2 aromatic carbocycles. The highest BCUT2D eigenvalue weighted by atomic mass is 127. The second-order valence-corrected chi connectivity index (χ2v) is 7.89. The van der Waals surface area contributed by atoms with Gasteiger partial charge in [-0.15, -0.1) is 5.06 Å². The number of rotatable bonds is 6. The third kappa shape index (κ3) is 3.54. The Labute approximate surface area is 192 Å².